The Hall–Kier alpha value is -2.53. The van der Waals surface area contributed by atoms with Crippen molar-refractivity contribution in [3.63, 3.8) is 0 Å². The summed E-state index contributed by atoms with van der Waals surface area (Å²) >= 11 is 0. The molecule has 0 heterocycles. The highest BCUT2D eigenvalue weighted by molar-refractivity contribution is 6.04. The minimum absolute atomic E-state index is 0.649. The molecule has 0 spiro atoms. The van der Waals surface area contributed by atoms with Gasteiger partial charge in [0.2, 0.25) is 0 Å². The molecule has 0 unspecified atom stereocenters. The molecular weight excluding hydrogens is 334 g/mol. The van der Waals surface area contributed by atoms with E-state index in [1.165, 1.54) is 12.1 Å². The third kappa shape index (κ3) is 5.23. The van der Waals surface area contributed by atoms with Crippen molar-refractivity contribution < 1.29 is 13.2 Å². The monoisotopic (exact) mass is 355 g/mol. The predicted octanol–water partition coefficient (Wildman–Crippen LogP) is 4.84. The molecule has 2 rings (SSSR count). The van der Waals surface area contributed by atoms with E-state index in [0.717, 1.165) is 34.4 Å². The number of likely N-dealkylation sites (N-methyl/N-ethyl adjacent to an activating group) is 1. The molecule has 5 heteroatoms. The smallest absolute Gasteiger partial charge is 0.348 e. The van der Waals surface area contributed by atoms with Crippen LogP contribution in [0.3, 0.4) is 0 Å². The first-order valence-electron chi connectivity index (χ1n) is 8.15. The van der Waals surface area contributed by atoms with E-state index in [-0.39, 0.29) is 0 Å². The maximum absolute atomic E-state index is 12.8. The van der Waals surface area contributed by atoms with Crippen LogP contribution in [0.5, 0.6) is 0 Å². The van der Waals surface area contributed by atoms with Crippen LogP contribution >= 0.6 is 0 Å². The second-order valence-corrected chi connectivity index (χ2v) is 6.36. The fraction of sp³-hybridized carbons (Fsp3) is 0.143. The fourth-order valence-electron chi connectivity index (χ4n) is 2.56. The minimum atomic E-state index is -4.34. The maximum Gasteiger partial charge on any atom is 0.416 e. The van der Waals surface area contributed by atoms with Crippen molar-refractivity contribution in [2.45, 2.75) is 6.18 Å². The number of hydrogen-bond donors (Lipinski definition) is 0. The maximum atomic E-state index is 12.8. The summed E-state index contributed by atoms with van der Waals surface area (Å²) in [7, 11) is 3.89. The van der Waals surface area contributed by atoms with E-state index in [9.17, 15) is 13.2 Å². The van der Waals surface area contributed by atoms with E-state index >= 15 is 0 Å². The number of benzene rings is 2. The fourth-order valence-corrected chi connectivity index (χ4v) is 2.56. The van der Waals surface area contributed by atoms with Gasteiger partial charge in [0, 0.05) is 6.54 Å². The summed E-state index contributed by atoms with van der Waals surface area (Å²) in [6.07, 6.45) is -2.49. The molecule has 2 aromatic carbocycles. The second kappa shape index (κ2) is 8.24. The number of hydrogen-bond acceptors (Lipinski definition) is 1. The molecule has 0 fully saturated rings. The van der Waals surface area contributed by atoms with Crippen LogP contribution in [-0.4, -0.2) is 26.4 Å². The molecule has 26 heavy (non-hydrogen) atoms. The standard InChI is InChI=1S/C21H21BF3N/c1-15(14-26(3)22)16(2)20(18-7-5-4-6-8-18)13-17-9-11-19(12-10-17)21(23,24)25/h4-13H,1-2,14,22H2,3H3/b20-13-. The van der Waals surface area contributed by atoms with Crippen LogP contribution in [-0.2, 0) is 6.18 Å². The van der Waals surface area contributed by atoms with E-state index in [2.05, 4.69) is 13.2 Å². The summed E-state index contributed by atoms with van der Waals surface area (Å²) in [5, 5.41) is 0. The Morgan fingerprint density at radius 3 is 2.12 bits per heavy atom. The number of nitrogens with zero attached hydrogens (tertiary/aromatic N) is 1. The van der Waals surface area contributed by atoms with E-state index in [1.807, 2.05) is 56.2 Å². The molecule has 0 atom stereocenters. The highest BCUT2D eigenvalue weighted by Crippen LogP contribution is 2.32. The van der Waals surface area contributed by atoms with Crippen molar-refractivity contribution in [2.24, 2.45) is 0 Å². The zero-order valence-corrected chi connectivity index (χ0v) is 15.0. The van der Waals surface area contributed by atoms with Gasteiger partial charge in [-0.1, -0.05) is 55.6 Å². The molecule has 0 saturated heterocycles. The van der Waals surface area contributed by atoms with E-state index < -0.39 is 11.7 Å². The van der Waals surface area contributed by atoms with E-state index in [4.69, 9.17) is 0 Å². The summed E-state index contributed by atoms with van der Waals surface area (Å²) in [5.74, 6) is 0. The van der Waals surface area contributed by atoms with Crippen molar-refractivity contribution >= 4 is 19.6 Å². The van der Waals surface area contributed by atoms with Gasteiger partial charge < -0.3 is 4.81 Å². The van der Waals surface area contributed by atoms with Gasteiger partial charge in [-0.3, -0.25) is 0 Å². The number of halogens is 3. The molecule has 0 radical (unpaired) electrons. The molecule has 0 saturated carbocycles. The average molecular weight is 355 g/mol. The van der Waals surface area contributed by atoms with Crippen LogP contribution in [0.15, 0.2) is 78.9 Å². The quantitative estimate of drug-likeness (QED) is 0.407. The molecule has 0 N–H and O–H groups in total. The minimum Gasteiger partial charge on any atom is -0.348 e. The lowest BCUT2D eigenvalue weighted by Gasteiger charge is -2.18. The molecule has 0 amide bonds. The largest absolute Gasteiger partial charge is 0.416 e. The SMILES string of the molecule is BN(C)CC(=C)C(=C)/C(=C/c1ccc(C(F)(F)F)cc1)c1ccccc1. The van der Waals surface area contributed by atoms with Gasteiger partial charge in [0.1, 0.15) is 0 Å². The van der Waals surface area contributed by atoms with Crippen LogP contribution in [0.1, 0.15) is 16.7 Å². The Labute approximate surface area is 153 Å². The van der Waals surface area contributed by atoms with Crippen LogP contribution < -0.4 is 0 Å². The second-order valence-electron chi connectivity index (χ2n) is 6.36. The first-order valence-corrected chi connectivity index (χ1v) is 8.15. The van der Waals surface area contributed by atoms with Gasteiger partial charge in [-0.2, -0.15) is 13.2 Å². The molecule has 134 valence electrons. The zero-order chi connectivity index (χ0) is 19.3. The Bertz CT molecular complexity index is 803. The van der Waals surface area contributed by atoms with Crippen molar-refractivity contribution in [1.82, 2.24) is 4.81 Å². The van der Waals surface area contributed by atoms with Gasteiger partial charge in [-0.05, 0) is 53.1 Å². The molecule has 1 nitrogen and oxygen atoms in total. The molecule has 0 aromatic heterocycles. The van der Waals surface area contributed by atoms with Crippen molar-refractivity contribution in [3.8, 4) is 0 Å². The molecule has 0 aliphatic heterocycles. The van der Waals surface area contributed by atoms with Gasteiger partial charge >= 0.3 is 6.18 Å². The van der Waals surface area contributed by atoms with Gasteiger partial charge in [0.15, 0.2) is 7.98 Å². The molecule has 0 bridgehead atoms. The summed E-state index contributed by atoms with van der Waals surface area (Å²) in [5.41, 5.74) is 3.43. The van der Waals surface area contributed by atoms with Crippen LogP contribution in [0, 0.1) is 0 Å². The number of allylic oxidation sites excluding steroid dienone is 1. The highest BCUT2D eigenvalue weighted by Gasteiger charge is 2.29. The molecule has 2 aromatic rings. The summed E-state index contributed by atoms with van der Waals surface area (Å²) in [6, 6.07) is 14.7. The lowest BCUT2D eigenvalue weighted by molar-refractivity contribution is -0.137. The van der Waals surface area contributed by atoms with Gasteiger partial charge in [0.05, 0.1) is 5.56 Å². The van der Waals surface area contributed by atoms with Crippen LogP contribution in [0.4, 0.5) is 13.2 Å². The lowest BCUT2D eigenvalue weighted by Crippen LogP contribution is -2.17. The first-order chi connectivity index (χ1) is 12.2. The van der Waals surface area contributed by atoms with E-state index in [1.54, 1.807) is 0 Å². The Kier molecular flexibility index (Phi) is 6.27. The Morgan fingerprint density at radius 2 is 1.62 bits per heavy atom. The van der Waals surface area contributed by atoms with Gasteiger partial charge in [0.25, 0.3) is 0 Å². The summed E-state index contributed by atoms with van der Waals surface area (Å²) in [6.45, 7) is 8.91. The first kappa shape index (κ1) is 19.8. The van der Waals surface area contributed by atoms with Crippen molar-refractivity contribution in [1.29, 1.82) is 0 Å². The Balaban J connectivity index is 2.42. The number of rotatable bonds is 6. The Morgan fingerprint density at radius 1 is 1.04 bits per heavy atom. The third-order valence-corrected chi connectivity index (χ3v) is 3.89. The normalized spacial score (nSPS) is 12.3. The lowest BCUT2D eigenvalue weighted by atomic mass is 9.91. The third-order valence-electron chi connectivity index (χ3n) is 3.89. The topological polar surface area (TPSA) is 3.24 Å². The zero-order valence-electron chi connectivity index (χ0n) is 15.0. The molecular formula is C21H21BF3N. The van der Waals surface area contributed by atoms with Crippen LogP contribution in [0.2, 0.25) is 0 Å². The average Bonchev–Trinajstić information content (AvgIpc) is 2.59. The highest BCUT2D eigenvalue weighted by atomic mass is 19.4. The predicted molar refractivity (Wildman–Crippen MR) is 105 cm³/mol. The summed E-state index contributed by atoms with van der Waals surface area (Å²) in [4.78, 5) is 1.99. The van der Waals surface area contributed by atoms with Gasteiger partial charge in [-0.15, -0.1) is 0 Å². The molecule has 0 aliphatic carbocycles. The van der Waals surface area contributed by atoms with E-state index in [0.29, 0.717) is 12.1 Å². The van der Waals surface area contributed by atoms with Crippen molar-refractivity contribution in [2.75, 3.05) is 13.6 Å². The summed E-state index contributed by atoms with van der Waals surface area (Å²) < 4.78 is 38.3. The van der Waals surface area contributed by atoms with Crippen molar-refractivity contribution in [3.05, 3.63) is 95.6 Å². The number of alkyl halides is 3. The van der Waals surface area contributed by atoms with Crippen LogP contribution in [0.25, 0.3) is 11.6 Å². The van der Waals surface area contributed by atoms with Gasteiger partial charge in [-0.25, -0.2) is 0 Å². The molecule has 0 aliphatic rings.